The molecule has 25 heavy (non-hydrogen) atoms. The van der Waals surface area contributed by atoms with Crippen molar-refractivity contribution in [2.45, 2.75) is 26.0 Å². The number of imidazole rings is 1. The average Bonchev–Trinajstić information content (AvgIpc) is 3.09. The minimum atomic E-state index is -0.266. The van der Waals surface area contributed by atoms with Crippen molar-refractivity contribution in [3.8, 4) is 0 Å². The summed E-state index contributed by atoms with van der Waals surface area (Å²) < 4.78 is 7.78. The molecule has 0 N–H and O–H groups in total. The van der Waals surface area contributed by atoms with Crippen molar-refractivity contribution in [3.63, 3.8) is 0 Å². The Morgan fingerprint density at radius 2 is 2.08 bits per heavy atom. The summed E-state index contributed by atoms with van der Waals surface area (Å²) in [6.07, 6.45) is 7.44. The van der Waals surface area contributed by atoms with Crippen molar-refractivity contribution >= 4 is 11.7 Å². The van der Waals surface area contributed by atoms with E-state index in [4.69, 9.17) is 4.74 Å². The third-order valence-corrected chi connectivity index (χ3v) is 4.28. The smallest absolute Gasteiger partial charge is 0.242 e. The van der Waals surface area contributed by atoms with Gasteiger partial charge < -0.3 is 19.1 Å². The number of amides is 1. The van der Waals surface area contributed by atoms with Gasteiger partial charge in [-0.1, -0.05) is 6.92 Å². The fourth-order valence-corrected chi connectivity index (χ4v) is 3.00. The first-order valence-electron chi connectivity index (χ1n) is 8.47. The number of anilines is 1. The predicted molar refractivity (Wildman–Crippen MR) is 93.2 cm³/mol. The molecule has 1 aliphatic rings. The van der Waals surface area contributed by atoms with E-state index >= 15 is 0 Å². The number of aromatic nitrogens is 4. The average molecular weight is 344 g/mol. The van der Waals surface area contributed by atoms with Gasteiger partial charge in [0.15, 0.2) is 5.82 Å². The third-order valence-electron chi connectivity index (χ3n) is 4.28. The Morgan fingerprint density at radius 1 is 1.28 bits per heavy atom. The van der Waals surface area contributed by atoms with Gasteiger partial charge in [0.2, 0.25) is 5.91 Å². The zero-order chi connectivity index (χ0) is 17.8. The Labute approximate surface area is 147 Å². The summed E-state index contributed by atoms with van der Waals surface area (Å²) >= 11 is 0. The normalized spacial score (nSPS) is 17.6. The van der Waals surface area contributed by atoms with Gasteiger partial charge in [0.1, 0.15) is 24.2 Å². The van der Waals surface area contributed by atoms with Gasteiger partial charge in [-0.2, -0.15) is 0 Å². The first-order chi connectivity index (χ1) is 12.1. The molecule has 3 rings (SSSR count). The van der Waals surface area contributed by atoms with Crippen LogP contribution >= 0.6 is 0 Å². The van der Waals surface area contributed by atoms with E-state index in [1.165, 1.54) is 0 Å². The highest BCUT2D eigenvalue weighted by atomic mass is 16.5. The molecule has 0 aliphatic carbocycles. The first-order valence-corrected chi connectivity index (χ1v) is 8.47. The maximum atomic E-state index is 12.7. The molecule has 1 fully saturated rings. The maximum Gasteiger partial charge on any atom is 0.242 e. The Bertz CT molecular complexity index is 729. The molecule has 0 aromatic carbocycles. The lowest BCUT2D eigenvalue weighted by atomic mass is 10.2. The van der Waals surface area contributed by atoms with Gasteiger partial charge in [0, 0.05) is 51.8 Å². The largest absolute Gasteiger partial charge is 0.368 e. The van der Waals surface area contributed by atoms with Crippen molar-refractivity contribution in [3.05, 3.63) is 36.3 Å². The van der Waals surface area contributed by atoms with Gasteiger partial charge in [-0.05, 0) is 0 Å². The molecule has 1 aliphatic heterocycles. The summed E-state index contributed by atoms with van der Waals surface area (Å²) in [4.78, 5) is 29.5. The third kappa shape index (κ3) is 3.79. The van der Waals surface area contributed by atoms with E-state index in [2.05, 4.69) is 15.0 Å². The number of hydrogen-bond donors (Lipinski definition) is 0. The molecule has 0 spiro atoms. The monoisotopic (exact) mass is 344 g/mol. The highest BCUT2D eigenvalue weighted by molar-refractivity contribution is 5.76. The lowest BCUT2D eigenvalue weighted by Gasteiger charge is -2.33. The van der Waals surface area contributed by atoms with Gasteiger partial charge in [-0.15, -0.1) is 0 Å². The topological polar surface area (TPSA) is 76.4 Å². The number of nitrogens with zero attached hydrogens (tertiary/aromatic N) is 6. The van der Waals surface area contributed by atoms with E-state index in [1.807, 2.05) is 41.6 Å². The van der Waals surface area contributed by atoms with E-state index in [1.54, 1.807) is 18.6 Å². The van der Waals surface area contributed by atoms with E-state index in [0.717, 1.165) is 23.8 Å². The van der Waals surface area contributed by atoms with Crippen molar-refractivity contribution in [2.75, 3.05) is 38.7 Å². The second kappa shape index (κ2) is 7.60. The number of carbonyl (C=O) groups excluding carboxylic acids is 1. The van der Waals surface area contributed by atoms with Crippen LogP contribution in [-0.4, -0.2) is 64.1 Å². The SMILES string of the molecule is CCc1nccn1CC(=O)N1CCO[C@H](c2nccnc2N(C)C)C1. The van der Waals surface area contributed by atoms with Crippen LogP contribution in [0.4, 0.5) is 5.82 Å². The summed E-state index contributed by atoms with van der Waals surface area (Å²) in [6.45, 7) is 3.89. The van der Waals surface area contributed by atoms with Gasteiger partial charge in [-0.25, -0.2) is 9.97 Å². The molecule has 1 atom stereocenters. The van der Waals surface area contributed by atoms with E-state index < -0.39 is 0 Å². The van der Waals surface area contributed by atoms with Crippen LogP contribution in [0.1, 0.15) is 24.5 Å². The molecule has 3 heterocycles. The minimum Gasteiger partial charge on any atom is -0.368 e. The lowest BCUT2D eigenvalue weighted by Crippen LogP contribution is -2.44. The summed E-state index contributed by atoms with van der Waals surface area (Å²) in [7, 11) is 3.84. The fraction of sp³-hybridized carbons (Fsp3) is 0.529. The molecule has 0 saturated carbocycles. The van der Waals surface area contributed by atoms with Gasteiger partial charge >= 0.3 is 0 Å². The van der Waals surface area contributed by atoms with E-state index in [9.17, 15) is 4.79 Å². The van der Waals surface area contributed by atoms with Crippen LogP contribution in [0.5, 0.6) is 0 Å². The number of morpholine rings is 1. The van der Waals surface area contributed by atoms with E-state index in [0.29, 0.717) is 26.2 Å². The molecular weight excluding hydrogens is 320 g/mol. The second-order valence-electron chi connectivity index (χ2n) is 6.18. The number of carbonyl (C=O) groups is 1. The molecule has 0 radical (unpaired) electrons. The summed E-state index contributed by atoms with van der Waals surface area (Å²) in [5.41, 5.74) is 0.766. The second-order valence-corrected chi connectivity index (χ2v) is 6.18. The molecule has 0 bridgehead atoms. The quantitative estimate of drug-likeness (QED) is 0.802. The van der Waals surface area contributed by atoms with Gasteiger partial charge in [0.05, 0.1) is 13.2 Å². The molecule has 0 unspecified atom stereocenters. The summed E-state index contributed by atoms with van der Waals surface area (Å²) in [5.74, 6) is 1.75. The van der Waals surface area contributed by atoms with Crippen LogP contribution in [0.15, 0.2) is 24.8 Å². The van der Waals surface area contributed by atoms with Crippen LogP contribution in [0, 0.1) is 0 Å². The predicted octanol–water partition coefficient (Wildman–Crippen LogP) is 0.902. The first kappa shape index (κ1) is 17.3. The molecule has 1 saturated heterocycles. The molecule has 2 aromatic rings. The zero-order valence-electron chi connectivity index (χ0n) is 14.9. The van der Waals surface area contributed by atoms with Crippen molar-refractivity contribution in [2.24, 2.45) is 0 Å². The fourth-order valence-electron chi connectivity index (χ4n) is 3.00. The van der Waals surface area contributed by atoms with Gasteiger partial charge in [-0.3, -0.25) is 9.78 Å². The van der Waals surface area contributed by atoms with Crippen molar-refractivity contribution in [1.82, 2.24) is 24.4 Å². The highest BCUT2D eigenvalue weighted by Crippen LogP contribution is 2.26. The minimum absolute atomic E-state index is 0.0660. The van der Waals surface area contributed by atoms with E-state index in [-0.39, 0.29) is 12.0 Å². The number of aryl methyl sites for hydroxylation is 1. The number of hydrogen-bond acceptors (Lipinski definition) is 6. The summed E-state index contributed by atoms with van der Waals surface area (Å²) in [6, 6.07) is 0. The standard InChI is InChI=1S/C17H24N6O2/c1-4-14-18-7-8-22(14)12-15(24)23-9-10-25-13(11-23)16-17(21(2)3)20-6-5-19-16/h5-8,13H,4,9-12H2,1-3H3/t13-/m0/s1. The van der Waals surface area contributed by atoms with Crippen molar-refractivity contribution < 1.29 is 9.53 Å². The van der Waals surface area contributed by atoms with Gasteiger partial charge in [0.25, 0.3) is 0 Å². The Kier molecular flexibility index (Phi) is 5.28. The van der Waals surface area contributed by atoms with Crippen LogP contribution in [-0.2, 0) is 22.5 Å². The number of ether oxygens (including phenoxy) is 1. The molecule has 8 heteroatoms. The molecule has 2 aromatic heterocycles. The molecular formula is C17H24N6O2. The van der Waals surface area contributed by atoms with Crippen molar-refractivity contribution in [1.29, 1.82) is 0 Å². The Balaban J connectivity index is 1.72. The van der Waals surface area contributed by atoms with Crippen LogP contribution < -0.4 is 4.90 Å². The highest BCUT2D eigenvalue weighted by Gasteiger charge is 2.29. The Hall–Kier alpha value is -2.48. The van der Waals surface area contributed by atoms with Crippen LogP contribution in [0.25, 0.3) is 0 Å². The van der Waals surface area contributed by atoms with Crippen LogP contribution in [0.3, 0.4) is 0 Å². The molecule has 134 valence electrons. The Morgan fingerprint density at radius 3 is 2.84 bits per heavy atom. The summed E-state index contributed by atoms with van der Waals surface area (Å²) in [5, 5.41) is 0. The molecule has 8 nitrogen and oxygen atoms in total. The molecule has 1 amide bonds. The maximum absolute atomic E-state index is 12.7. The van der Waals surface area contributed by atoms with Crippen LogP contribution in [0.2, 0.25) is 0 Å². The number of rotatable bonds is 5. The lowest BCUT2D eigenvalue weighted by molar-refractivity contribution is -0.139. The zero-order valence-corrected chi connectivity index (χ0v) is 14.9.